The SMILES string of the molecule is COC(=O)c1ccc(N)c(Cl)c1.COC(=O)c1ccc(NC2CCC2)c(Cl)c1. The number of carbonyl (C=O) groups excluding carboxylic acids is 2. The van der Waals surface area contributed by atoms with E-state index >= 15 is 0 Å². The molecule has 1 fully saturated rings. The smallest absolute Gasteiger partial charge is 0.337 e. The molecule has 3 rings (SSSR count). The van der Waals surface area contributed by atoms with Gasteiger partial charge in [-0.2, -0.15) is 0 Å². The fourth-order valence-corrected chi connectivity index (χ4v) is 2.84. The number of anilines is 2. The number of nitrogens with one attached hydrogen (secondary N) is 1. The Balaban J connectivity index is 0.000000209. The minimum Gasteiger partial charge on any atom is -0.465 e. The second-order valence-electron chi connectivity index (χ2n) is 6.19. The maximum absolute atomic E-state index is 11.3. The van der Waals surface area contributed by atoms with E-state index in [1.165, 1.54) is 39.5 Å². The van der Waals surface area contributed by atoms with Gasteiger partial charge in [-0.1, -0.05) is 23.2 Å². The van der Waals surface area contributed by atoms with E-state index in [0.717, 1.165) is 5.69 Å². The first-order valence-electron chi connectivity index (χ1n) is 8.63. The zero-order valence-electron chi connectivity index (χ0n) is 15.6. The number of nitrogen functional groups attached to an aromatic ring is 1. The molecular weight excluding hydrogens is 403 g/mol. The minimum atomic E-state index is -0.420. The first kappa shape index (κ1) is 21.9. The summed E-state index contributed by atoms with van der Waals surface area (Å²) in [5.74, 6) is -0.783. The lowest BCUT2D eigenvalue weighted by atomic mass is 9.93. The van der Waals surface area contributed by atoms with E-state index in [-0.39, 0.29) is 5.97 Å². The van der Waals surface area contributed by atoms with Crippen molar-refractivity contribution in [1.29, 1.82) is 0 Å². The highest BCUT2D eigenvalue weighted by Gasteiger charge is 2.18. The Kier molecular flexibility index (Phi) is 7.96. The first-order chi connectivity index (χ1) is 13.3. The van der Waals surface area contributed by atoms with Crippen LogP contribution in [0.3, 0.4) is 0 Å². The number of nitrogens with two attached hydrogens (primary N) is 1. The van der Waals surface area contributed by atoms with Crippen molar-refractivity contribution in [1.82, 2.24) is 0 Å². The van der Waals surface area contributed by atoms with Crippen LogP contribution in [0.25, 0.3) is 0 Å². The number of methoxy groups -OCH3 is 2. The molecule has 1 saturated carbocycles. The van der Waals surface area contributed by atoms with Crippen LogP contribution in [0.15, 0.2) is 36.4 Å². The van der Waals surface area contributed by atoms with Gasteiger partial charge in [0.25, 0.3) is 0 Å². The average Bonchev–Trinajstić information content (AvgIpc) is 2.66. The largest absolute Gasteiger partial charge is 0.465 e. The molecule has 28 heavy (non-hydrogen) atoms. The molecule has 150 valence electrons. The Morgan fingerprint density at radius 3 is 1.93 bits per heavy atom. The molecule has 0 saturated heterocycles. The van der Waals surface area contributed by atoms with E-state index in [0.29, 0.717) is 32.9 Å². The normalized spacial score (nSPS) is 12.9. The van der Waals surface area contributed by atoms with Gasteiger partial charge >= 0.3 is 11.9 Å². The van der Waals surface area contributed by atoms with Crippen molar-refractivity contribution in [2.75, 3.05) is 25.3 Å². The van der Waals surface area contributed by atoms with Gasteiger partial charge in [0, 0.05) is 6.04 Å². The molecule has 0 bridgehead atoms. The number of hydrogen-bond acceptors (Lipinski definition) is 6. The Morgan fingerprint density at radius 2 is 1.50 bits per heavy atom. The number of esters is 2. The number of carbonyl (C=O) groups is 2. The lowest BCUT2D eigenvalue weighted by Gasteiger charge is -2.28. The third-order valence-electron chi connectivity index (χ3n) is 4.28. The van der Waals surface area contributed by atoms with Gasteiger partial charge in [0.15, 0.2) is 0 Å². The van der Waals surface area contributed by atoms with Crippen molar-refractivity contribution < 1.29 is 19.1 Å². The Bertz CT molecular complexity index is 854. The molecule has 0 spiro atoms. The molecule has 6 nitrogen and oxygen atoms in total. The number of rotatable bonds is 4. The van der Waals surface area contributed by atoms with Crippen LogP contribution in [0.5, 0.6) is 0 Å². The van der Waals surface area contributed by atoms with Crippen molar-refractivity contribution in [3.05, 3.63) is 57.6 Å². The molecule has 0 aliphatic heterocycles. The van der Waals surface area contributed by atoms with E-state index in [1.807, 2.05) is 6.07 Å². The second-order valence-corrected chi connectivity index (χ2v) is 7.00. The Labute approximate surface area is 173 Å². The number of hydrogen-bond donors (Lipinski definition) is 2. The number of benzene rings is 2. The molecule has 1 aliphatic rings. The summed E-state index contributed by atoms with van der Waals surface area (Å²) in [4.78, 5) is 22.2. The molecule has 0 unspecified atom stereocenters. The van der Waals surface area contributed by atoms with Gasteiger partial charge in [0.05, 0.1) is 46.8 Å². The molecule has 0 atom stereocenters. The van der Waals surface area contributed by atoms with Crippen molar-refractivity contribution in [3.8, 4) is 0 Å². The first-order valence-corrected chi connectivity index (χ1v) is 9.39. The lowest BCUT2D eigenvalue weighted by molar-refractivity contribution is 0.0592. The van der Waals surface area contributed by atoms with Crippen molar-refractivity contribution >= 4 is 46.5 Å². The van der Waals surface area contributed by atoms with Crippen LogP contribution in [0.4, 0.5) is 11.4 Å². The molecule has 0 amide bonds. The molecule has 8 heteroatoms. The van der Waals surface area contributed by atoms with Gasteiger partial charge in [0.1, 0.15) is 0 Å². The second kappa shape index (κ2) is 10.2. The van der Waals surface area contributed by atoms with E-state index in [9.17, 15) is 9.59 Å². The summed E-state index contributed by atoms with van der Waals surface area (Å²) in [7, 11) is 2.67. The van der Waals surface area contributed by atoms with Crippen LogP contribution in [0.1, 0.15) is 40.0 Å². The van der Waals surface area contributed by atoms with Gasteiger partial charge in [-0.05, 0) is 55.7 Å². The Hall–Kier alpha value is -2.44. The monoisotopic (exact) mass is 424 g/mol. The molecule has 2 aromatic rings. The van der Waals surface area contributed by atoms with Crippen molar-refractivity contribution in [2.24, 2.45) is 0 Å². The standard InChI is InChI=1S/C12H14ClNO2.C8H8ClNO2/c1-16-12(15)8-5-6-11(10(13)7-8)14-9-3-2-4-9;1-12-8(11)5-2-3-7(10)6(9)4-5/h5-7,9,14H,2-4H2,1H3;2-4H,10H2,1H3. The van der Waals surface area contributed by atoms with Crippen LogP contribution in [-0.2, 0) is 9.47 Å². The van der Waals surface area contributed by atoms with Gasteiger partial charge in [-0.3, -0.25) is 0 Å². The minimum absolute atomic E-state index is 0.359. The molecule has 0 heterocycles. The Morgan fingerprint density at radius 1 is 0.964 bits per heavy atom. The maximum Gasteiger partial charge on any atom is 0.337 e. The lowest BCUT2D eigenvalue weighted by Crippen LogP contribution is -2.27. The zero-order valence-corrected chi connectivity index (χ0v) is 17.1. The summed E-state index contributed by atoms with van der Waals surface area (Å²) in [6.07, 6.45) is 3.65. The third-order valence-corrected chi connectivity index (χ3v) is 4.92. The molecule has 1 aliphatic carbocycles. The average molecular weight is 425 g/mol. The number of ether oxygens (including phenoxy) is 2. The van der Waals surface area contributed by atoms with Crippen LogP contribution in [-0.4, -0.2) is 32.2 Å². The predicted octanol–water partition coefficient (Wildman–Crippen LogP) is 4.80. The highest BCUT2D eigenvalue weighted by Crippen LogP contribution is 2.28. The summed E-state index contributed by atoms with van der Waals surface area (Å²) in [5.41, 5.74) is 7.66. The molecule has 0 aromatic heterocycles. The van der Waals surface area contributed by atoms with E-state index in [4.69, 9.17) is 28.9 Å². The van der Waals surface area contributed by atoms with E-state index < -0.39 is 5.97 Å². The van der Waals surface area contributed by atoms with Crippen LogP contribution in [0.2, 0.25) is 10.0 Å². The highest BCUT2D eigenvalue weighted by atomic mass is 35.5. The number of halogens is 2. The molecule has 3 N–H and O–H groups in total. The predicted molar refractivity (Wildman–Crippen MR) is 111 cm³/mol. The third kappa shape index (κ3) is 5.78. The summed E-state index contributed by atoms with van der Waals surface area (Å²) in [5, 5.41) is 4.27. The fourth-order valence-electron chi connectivity index (χ4n) is 2.42. The summed E-state index contributed by atoms with van der Waals surface area (Å²) < 4.78 is 9.12. The van der Waals surface area contributed by atoms with Gasteiger partial charge in [-0.25, -0.2) is 9.59 Å². The van der Waals surface area contributed by atoms with Crippen LogP contribution < -0.4 is 11.1 Å². The van der Waals surface area contributed by atoms with Crippen LogP contribution in [0, 0.1) is 0 Å². The molecular formula is C20H22Cl2N2O4. The van der Waals surface area contributed by atoms with Crippen molar-refractivity contribution in [2.45, 2.75) is 25.3 Å². The van der Waals surface area contributed by atoms with Crippen LogP contribution >= 0.6 is 23.2 Å². The zero-order chi connectivity index (χ0) is 20.7. The maximum atomic E-state index is 11.3. The van der Waals surface area contributed by atoms with Gasteiger partial charge in [-0.15, -0.1) is 0 Å². The van der Waals surface area contributed by atoms with Gasteiger partial charge in [0.2, 0.25) is 0 Å². The topological polar surface area (TPSA) is 90.7 Å². The quantitative estimate of drug-likeness (QED) is 0.540. The summed E-state index contributed by atoms with van der Waals surface area (Å²) in [6.45, 7) is 0. The summed E-state index contributed by atoms with van der Waals surface area (Å²) in [6, 6.07) is 10.3. The van der Waals surface area contributed by atoms with E-state index in [1.54, 1.807) is 24.3 Å². The fraction of sp³-hybridized carbons (Fsp3) is 0.300. The molecule has 2 aromatic carbocycles. The molecule has 0 radical (unpaired) electrons. The summed E-state index contributed by atoms with van der Waals surface area (Å²) >= 11 is 11.8. The van der Waals surface area contributed by atoms with Gasteiger partial charge < -0.3 is 20.5 Å². The van der Waals surface area contributed by atoms with E-state index in [2.05, 4.69) is 14.8 Å². The van der Waals surface area contributed by atoms with Crippen molar-refractivity contribution in [3.63, 3.8) is 0 Å². The highest BCUT2D eigenvalue weighted by molar-refractivity contribution is 6.33.